The third kappa shape index (κ3) is 3.24. The highest BCUT2D eigenvalue weighted by atomic mass is 19.4. The minimum absolute atomic E-state index is 0.331. The van der Waals surface area contributed by atoms with Gasteiger partial charge in [0.1, 0.15) is 6.42 Å². The lowest BCUT2D eigenvalue weighted by Gasteiger charge is -2.16. The molecule has 0 unspecified atom stereocenters. The number of nitrogens with zero attached hydrogens (tertiary/aromatic N) is 1. The van der Waals surface area contributed by atoms with Gasteiger partial charge in [0.2, 0.25) is 5.91 Å². The van der Waals surface area contributed by atoms with Gasteiger partial charge < -0.3 is 4.90 Å². The molecule has 1 rings (SSSR count). The summed E-state index contributed by atoms with van der Waals surface area (Å²) in [6, 6.07) is 0. The predicted octanol–water partition coefficient (Wildman–Crippen LogP) is 1.81. The molecule has 1 aliphatic heterocycles. The van der Waals surface area contributed by atoms with Crippen molar-refractivity contribution >= 4 is 5.91 Å². The summed E-state index contributed by atoms with van der Waals surface area (Å²) in [7, 11) is 0. The minimum Gasteiger partial charge on any atom is -0.342 e. The van der Waals surface area contributed by atoms with E-state index in [2.05, 4.69) is 0 Å². The van der Waals surface area contributed by atoms with Crippen molar-refractivity contribution in [1.29, 1.82) is 0 Å². The fourth-order valence-electron chi connectivity index (χ4n) is 1.44. The lowest BCUT2D eigenvalue weighted by atomic mass is 10.2. The fourth-order valence-corrected chi connectivity index (χ4v) is 1.44. The van der Waals surface area contributed by atoms with Crippen molar-refractivity contribution in [1.82, 2.24) is 4.90 Å². The first-order valence-electron chi connectivity index (χ1n) is 4.23. The Hall–Kier alpha value is -0.740. The van der Waals surface area contributed by atoms with Crippen LogP contribution in [0.5, 0.6) is 0 Å². The molecule has 0 aromatic heterocycles. The van der Waals surface area contributed by atoms with Crippen LogP contribution in [0, 0.1) is 5.92 Å². The number of hydrogen-bond donors (Lipinski definition) is 0. The summed E-state index contributed by atoms with van der Waals surface area (Å²) >= 11 is 0. The molecular formula is C8H12F3NO. The Morgan fingerprint density at radius 3 is 2.54 bits per heavy atom. The molecule has 1 atom stereocenters. The summed E-state index contributed by atoms with van der Waals surface area (Å²) in [5.74, 6) is -0.464. The van der Waals surface area contributed by atoms with Crippen molar-refractivity contribution in [3.8, 4) is 0 Å². The lowest BCUT2D eigenvalue weighted by Crippen LogP contribution is -2.32. The number of likely N-dealkylation sites (tertiary alicyclic amines) is 1. The summed E-state index contributed by atoms with van der Waals surface area (Å²) in [5, 5.41) is 0. The van der Waals surface area contributed by atoms with Gasteiger partial charge in [-0.3, -0.25) is 4.79 Å². The van der Waals surface area contributed by atoms with E-state index in [0.29, 0.717) is 19.0 Å². The number of hydrogen-bond acceptors (Lipinski definition) is 1. The van der Waals surface area contributed by atoms with Crippen LogP contribution in [0.3, 0.4) is 0 Å². The Kier molecular flexibility index (Phi) is 2.83. The second-order valence-electron chi connectivity index (χ2n) is 3.53. The average molecular weight is 195 g/mol. The molecular weight excluding hydrogens is 183 g/mol. The number of halogens is 3. The molecule has 0 N–H and O–H groups in total. The van der Waals surface area contributed by atoms with Gasteiger partial charge in [0.25, 0.3) is 0 Å². The van der Waals surface area contributed by atoms with Crippen molar-refractivity contribution in [3.63, 3.8) is 0 Å². The maximum atomic E-state index is 11.8. The molecule has 76 valence electrons. The van der Waals surface area contributed by atoms with Crippen molar-refractivity contribution in [2.24, 2.45) is 5.92 Å². The van der Waals surface area contributed by atoms with Crippen molar-refractivity contribution < 1.29 is 18.0 Å². The smallest absolute Gasteiger partial charge is 0.342 e. The second kappa shape index (κ2) is 3.55. The van der Waals surface area contributed by atoms with Crippen LogP contribution in [-0.4, -0.2) is 30.1 Å². The van der Waals surface area contributed by atoms with E-state index in [0.717, 1.165) is 6.42 Å². The molecule has 0 saturated carbocycles. The molecule has 0 aromatic rings. The third-order valence-electron chi connectivity index (χ3n) is 2.13. The Labute approximate surface area is 74.7 Å². The van der Waals surface area contributed by atoms with E-state index in [1.807, 2.05) is 6.92 Å². The van der Waals surface area contributed by atoms with Crippen molar-refractivity contribution in [3.05, 3.63) is 0 Å². The minimum atomic E-state index is -4.37. The maximum Gasteiger partial charge on any atom is 0.397 e. The Morgan fingerprint density at radius 1 is 1.54 bits per heavy atom. The number of amides is 1. The molecule has 1 aliphatic rings. The predicted molar refractivity (Wildman–Crippen MR) is 41.0 cm³/mol. The molecule has 1 fully saturated rings. The van der Waals surface area contributed by atoms with Gasteiger partial charge >= 0.3 is 6.18 Å². The molecule has 5 heteroatoms. The average Bonchev–Trinajstić information content (AvgIpc) is 2.31. The summed E-state index contributed by atoms with van der Waals surface area (Å²) in [5.41, 5.74) is 0. The standard InChI is InChI=1S/C8H12F3NO/c1-6-2-3-12(5-6)7(13)4-8(9,10)11/h6H,2-5H2,1H3/t6-/m1/s1. The van der Waals surface area contributed by atoms with Crippen molar-refractivity contribution in [2.75, 3.05) is 13.1 Å². The molecule has 1 saturated heterocycles. The van der Waals surface area contributed by atoms with Crippen LogP contribution in [-0.2, 0) is 4.79 Å². The zero-order chi connectivity index (χ0) is 10.1. The Morgan fingerprint density at radius 2 is 2.15 bits per heavy atom. The first-order chi connectivity index (χ1) is 5.88. The number of rotatable bonds is 1. The Balaban J connectivity index is 2.41. The van der Waals surface area contributed by atoms with Gasteiger partial charge in [0.15, 0.2) is 0 Å². The summed E-state index contributed by atoms with van der Waals surface area (Å²) < 4.78 is 35.4. The van der Waals surface area contributed by atoms with Gasteiger partial charge in [-0.1, -0.05) is 6.92 Å². The molecule has 0 aliphatic carbocycles. The molecule has 2 nitrogen and oxygen atoms in total. The van der Waals surface area contributed by atoms with Crippen molar-refractivity contribution in [2.45, 2.75) is 25.9 Å². The van der Waals surface area contributed by atoms with Gasteiger partial charge in [-0.25, -0.2) is 0 Å². The summed E-state index contributed by atoms with van der Waals surface area (Å²) in [4.78, 5) is 12.3. The number of alkyl halides is 3. The van der Waals surface area contributed by atoms with Crippen LogP contribution in [0.4, 0.5) is 13.2 Å². The van der Waals surface area contributed by atoms with Crippen LogP contribution in [0.25, 0.3) is 0 Å². The largest absolute Gasteiger partial charge is 0.397 e. The van der Waals surface area contributed by atoms with E-state index in [-0.39, 0.29) is 0 Å². The zero-order valence-corrected chi connectivity index (χ0v) is 7.40. The van der Waals surface area contributed by atoms with E-state index >= 15 is 0 Å². The van der Waals surface area contributed by atoms with Gasteiger partial charge in [-0.05, 0) is 12.3 Å². The van der Waals surface area contributed by atoms with Crippen LogP contribution in [0.15, 0.2) is 0 Å². The molecule has 13 heavy (non-hydrogen) atoms. The van der Waals surface area contributed by atoms with E-state index < -0.39 is 18.5 Å². The third-order valence-corrected chi connectivity index (χ3v) is 2.13. The van der Waals surface area contributed by atoms with Gasteiger partial charge in [-0.15, -0.1) is 0 Å². The highest BCUT2D eigenvalue weighted by Crippen LogP contribution is 2.23. The first kappa shape index (κ1) is 10.3. The normalized spacial score (nSPS) is 23.7. The maximum absolute atomic E-state index is 11.8. The van der Waals surface area contributed by atoms with E-state index in [1.54, 1.807) is 0 Å². The number of carbonyl (C=O) groups excluding carboxylic acids is 1. The molecule has 1 heterocycles. The first-order valence-corrected chi connectivity index (χ1v) is 4.23. The summed E-state index contributed by atoms with van der Waals surface area (Å²) in [6.45, 7) is 2.87. The monoisotopic (exact) mass is 195 g/mol. The lowest BCUT2D eigenvalue weighted by molar-refractivity contribution is -0.160. The van der Waals surface area contributed by atoms with Gasteiger partial charge in [0, 0.05) is 13.1 Å². The zero-order valence-electron chi connectivity index (χ0n) is 7.40. The van der Waals surface area contributed by atoms with Gasteiger partial charge in [-0.2, -0.15) is 13.2 Å². The fraction of sp³-hybridized carbons (Fsp3) is 0.875. The topological polar surface area (TPSA) is 20.3 Å². The molecule has 0 spiro atoms. The van der Waals surface area contributed by atoms with E-state index in [1.165, 1.54) is 4.90 Å². The quantitative estimate of drug-likeness (QED) is 0.624. The molecule has 0 aromatic carbocycles. The molecule has 1 amide bonds. The van der Waals surface area contributed by atoms with E-state index in [4.69, 9.17) is 0 Å². The van der Waals surface area contributed by atoms with E-state index in [9.17, 15) is 18.0 Å². The Bertz CT molecular complexity index is 202. The van der Waals surface area contributed by atoms with Crippen LogP contribution >= 0.6 is 0 Å². The van der Waals surface area contributed by atoms with Crippen LogP contribution in [0.1, 0.15) is 19.8 Å². The van der Waals surface area contributed by atoms with Gasteiger partial charge in [0.05, 0.1) is 0 Å². The molecule has 0 bridgehead atoms. The SMILES string of the molecule is C[C@@H]1CCN(C(=O)CC(F)(F)F)C1. The highest BCUT2D eigenvalue weighted by Gasteiger charge is 2.35. The van der Waals surface area contributed by atoms with Crippen LogP contribution in [0.2, 0.25) is 0 Å². The molecule has 0 radical (unpaired) electrons. The highest BCUT2D eigenvalue weighted by molar-refractivity contribution is 5.77. The van der Waals surface area contributed by atoms with Crippen LogP contribution < -0.4 is 0 Å². The summed E-state index contributed by atoms with van der Waals surface area (Å²) in [6.07, 6.45) is -4.88. The second-order valence-corrected chi connectivity index (χ2v) is 3.53. The number of carbonyl (C=O) groups is 1.